The van der Waals surface area contributed by atoms with E-state index in [4.69, 9.17) is 23.2 Å². The van der Waals surface area contributed by atoms with Crippen molar-refractivity contribution in [2.24, 2.45) is 0 Å². The van der Waals surface area contributed by atoms with E-state index in [9.17, 15) is 9.18 Å². The number of amides is 1. The van der Waals surface area contributed by atoms with Gasteiger partial charge >= 0.3 is 0 Å². The Morgan fingerprint density at radius 2 is 2.00 bits per heavy atom. The van der Waals surface area contributed by atoms with E-state index < -0.39 is 0 Å². The number of nitrogens with one attached hydrogen (secondary N) is 1. The lowest BCUT2D eigenvalue weighted by Crippen LogP contribution is -2.24. The lowest BCUT2D eigenvalue weighted by atomic mass is 9.95. The average molecular weight is 290 g/mol. The molecule has 0 saturated carbocycles. The zero-order valence-electron chi connectivity index (χ0n) is 9.92. The van der Waals surface area contributed by atoms with Crippen LogP contribution in [0, 0.1) is 5.82 Å². The molecule has 18 heavy (non-hydrogen) atoms. The minimum atomic E-state index is -0.323. The third-order valence-electron chi connectivity index (χ3n) is 2.40. The maximum atomic E-state index is 12.8. The predicted molar refractivity (Wildman–Crippen MR) is 72.2 cm³/mol. The monoisotopic (exact) mass is 289 g/mol. The fourth-order valence-corrected chi connectivity index (χ4v) is 1.91. The summed E-state index contributed by atoms with van der Waals surface area (Å²) in [6.45, 7) is 2.41. The quantitative estimate of drug-likeness (QED) is 0.879. The first-order valence-electron chi connectivity index (χ1n) is 5.58. The summed E-state index contributed by atoms with van der Waals surface area (Å²) in [6, 6.07) is 5.92. The maximum Gasteiger partial charge on any atom is 0.220 e. The SMILES string of the molecule is CCNC(=O)C[C@@H](C=C(Cl)Cl)c1ccc(F)cc1. The number of halogens is 3. The average Bonchev–Trinajstić information content (AvgIpc) is 2.28. The van der Waals surface area contributed by atoms with Crippen LogP contribution in [0.15, 0.2) is 34.8 Å². The third-order valence-corrected chi connectivity index (χ3v) is 2.66. The van der Waals surface area contributed by atoms with Crippen LogP contribution < -0.4 is 5.32 Å². The molecule has 1 rings (SSSR count). The molecule has 0 radical (unpaired) electrons. The number of carbonyl (C=O) groups is 1. The van der Waals surface area contributed by atoms with E-state index in [-0.39, 0.29) is 28.6 Å². The van der Waals surface area contributed by atoms with Gasteiger partial charge in [-0.1, -0.05) is 35.3 Å². The summed E-state index contributed by atoms with van der Waals surface area (Å²) in [6.07, 6.45) is 1.80. The Hall–Kier alpha value is -1.06. The molecule has 0 aliphatic rings. The molecule has 0 aromatic heterocycles. The minimum absolute atomic E-state index is 0.0913. The fraction of sp³-hybridized carbons (Fsp3) is 0.308. The molecule has 5 heteroatoms. The third kappa shape index (κ3) is 5.07. The second kappa shape index (κ2) is 7.39. The molecule has 0 aliphatic heterocycles. The zero-order chi connectivity index (χ0) is 13.5. The van der Waals surface area contributed by atoms with Gasteiger partial charge in [0.15, 0.2) is 0 Å². The summed E-state index contributed by atoms with van der Waals surface area (Å²) in [4.78, 5) is 11.6. The van der Waals surface area contributed by atoms with Gasteiger partial charge in [-0.3, -0.25) is 4.79 Å². The lowest BCUT2D eigenvalue weighted by Gasteiger charge is -2.13. The van der Waals surface area contributed by atoms with Crippen LogP contribution in [0.3, 0.4) is 0 Å². The molecule has 2 nitrogen and oxygen atoms in total. The van der Waals surface area contributed by atoms with Gasteiger partial charge in [0.25, 0.3) is 0 Å². The Labute approximate surface area is 116 Å². The molecule has 0 spiro atoms. The first kappa shape index (κ1) is 15.0. The van der Waals surface area contributed by atoms with Gasteiger partial charge in [-0.25, -0.2) is 4.39 Å². The molecule has 1 N–H and O–H groups in total. The van der Waals surface area contributed by atoms with Crippen molar-refractivity contribution in [2.75, 3.05) is 6.54 Å². The Kier molecular flexibility index (Phi) is 6.16. The Morgan fingerprint density at radius 3 is 2.50 bits per heavy atom. The van der Waals surface area contributed by atoms with E-state index in [1.807, 2.05) is 6.92 Å². The van der Waals surface area contributed by atoms with Gasteiger partial charge in [-0.15, -0.1) is 0 Å². The molecule has 0 unspecified atom stereocenters. The van der Waals surface area contributed by atoms with E-state index in [1.165, 1.54) is 12.1 Å². The number of allylic oxidation sites excluding steroid dienone is 1. The van der Waals surface area contributed by atoms with Crippen molar-refractivity contribution in [1.29, 1.82) is 0 Å². The molecule has 0 aliphatic carbocycles. The summed E-state index contributed by atoms with van der Waals surface area (Å²) < 4.78 is 12.9. The second-order valence-corrected chi connectivity index (χ2v) is 4.78. The molecule has 0 fully saturated rings. The largest absolute Gasteiger partial charge is 0.356 e. The number of benzene rings is 1. The summed E-state index contributed by atoms with van der Waals surface area (Å²) in [7, 11) is 0. The maximum absolute atomic E-state index is 12.8. The summed E-state index contributed by atoms with van der Waals surface area (Å²) >= 11 is 11.3. The molecule has 1 amide bonds. The summed E-state index contributed by atoms with van der Waals surface area (Å²) in [5.41, 5.74) is 0.793. The fourth-order valence-electron chi connectivity index (χ4n) is 1.60. The van der Waals surface area contributed by atoms with Gasteiger partial charge in [-0.05, 0) is 30.7 Å². The van der Waals surface area contributed by atoms with Crippen LogP contribution in [0.1, 0.15) is 24.8 Å². The standard InChI is InChI=1S/C13H14Cl2FNO/c1-2-17-13(18)8-10(7-12(14)15)9-3-5-11(16)6-4-9/h3-7,10H,2,8H2,1H3,(H,17,18)/t10-/m1/s1. The number of rotatable bonds is 5. The summed E-state index contributed by atoms with van der Waals surface area (Å²) in [5.74, 6) is -0.684. The van der Waals surface area contributed by atoms with E-state index in [2.05, 4.69) is 5.32 Å². The number of hydrogen-bond acceptors (Lipinski definition) is 1. The van der Waals surface area contributed by atoms with Crippen molar-refractivity contribution in [3.05, 3.63) is 46.2 Å². The van der Waals surface area contributed by atoms with Gasteiger partial charge in [0, 0.05) is 18.9 Å². The second-order valence-electron chi connectivity index (χ2n) is 3.77. The van der Waals surface area contributed by atoms with Crippen molar-refractivity contribution >= 4 is 29.1 Å². The first-order chi connectivity index (χ1) is 8.52. The van der Waals surface area contributed by atoms with Crippen molar-refractivity contribution in [3.63, 3.8) is 0 Å². The van der Waals surface area contributed by atoms with E-state index in [1.54, 1.807) is 18.2 Å². The highest BCUT2D eigenvalue weighted by Crippen LogP contribution is 2.25. The highest BCUT2D eigenvalue weighted by atomic mass is 35.5. The number of carbonyl (C=O) groups excluding carboxylic acids is 1. The van der Waals surface area contributed by atoms with Gasteiger partial charge in [0.1, 0.15) is 10.3 Å². The van der Waals surface area contributed by atoms with Crippen LogP contribution >= 0.6 is 23.2 Å². The molecular weight excluding hydrogens is 276 g/mol. The Morgan fingerprint density at radius 1 is 1.39 bits per heavy atom. The van der Waals surface area contributed by atoms with E-state index >= 15 is 0 Å². The number of hydrogen-bond donors (Lipinski definition) is 1. The van der Waals surface area contributed by atoms with Crippen molar-refractivity contribution in [2.45, 2.75) is 19.3 Å². The van der Waals surface area contributed by atoms with Crippen LogP contribution in [0.25, 0.3) is 0 Å². The van der Waals surface area contributed by atoms with Gasteiger partial charge in [0.2, 0.25) is 5.91 Å². The predicted octanol–water partition coefficient (Wildman–Crippen LogP) is 3.75. The van der Waals surface area contributed by atoms with Crippen molar-refractivity contribution in [1.82, 2.24) is 5.32 Å². The van der Waals surface area contributed by atoms with Gasteiger partial charge < -0.3 is 5.32 Å². The van der Waals surface area contributed by atoms with Crippen LogP contribution in [0.5, 0.6) is 0 Å². The molecule has 1 aromatic carbocycles. The zero-order valence-corrected chi connectivity index (χ0v) is 11.4. The van der Waals surface area contributed by atoms with E-state index in [0.29, 0.717) is 6.54 Å². The molecular formula is C13H14Cl2FNO. The van der Waals surface area contributed by atoms with Gasteiger partial charge in [0.05, 0.1) is 0 Å². The van der Waals surface area contributed by atoms with Gasteiger partial charge in [-0.2, -0.15) is 0 Å². The highest BCUT2D eigenvalue weighted by Gasteiger charge is 2.14. The molecule has 0 saturated heterocycles. The molecule has 0 heterocycles. The first-order valence-corrected chi connectivity index (χ1v) is 6.33. The van der Waals surface area contributed by atoms with Crippen molar-refractivity contribution in [3.8, 4) is 0 Å². The van der Waals surface area contributed by atoms with Crippen molar-refractivity contribution < 1.29 is 9.18 Å². The lowest BCUT2D eigenvalue weighted by molar-refractivity contribution is -0.121. The highest BCUT2D eigenvalue weighted by molar-refractivity contribution is 6.55. The summed E-state index contributed by atoms with van der Waals surface area (Å²) in [5, 5.41) is 2.70. The van der Waals surface area contributed by atoms with Crippen LogP contribution in [-0.2, 0) is 4.79 Å². The Balaban J connectivity index is 2.88. The molecule has 98 valence electrons. The van der Waals surface area contributed by atoms with Crippen LogP contribution in [0.2, 0.25) is 0 Å². The molecule has 1 aromatic rings. The normalized spacial score (nSPS) is 11.8. The molecule has 0 bridgehead atoms. The van der Waals surface area contributed by atoms with E-state index in [0.717, 1.165) is 5.56 Å². The van der Waals surface area contributed by atoms with Crippen LogP contribution in [0.4, 0.5) is 4.39 Å². The Bertz CT molecular complexity index is 427. The molecule has 1 atom stereocenters. The minimum Gasteiger partial charge on any atom is -0.356 e. The van der Waals surface area contributed by atoms with Crippen LogP contribution in [-0.4, -0.2) is 12.5 Å². The topological polar surface area (TPSA) is 29.1 Å². The smallest absolute Gasteiger partial charge is 0.220 e.